The fourth-order valence-electron chi connectivity index (χ4n) is 2.01. The molecule has 1 nitrogen and oxygen atoms in total. The van der Waals surface area contributed by atoms with Gasteiger partial charge in [0.15, 0.2) is 0 Å². The first kappa shape index (κ1) is 9.05. The van der Waals surface area contributed by atoms with Crippen LogP contribution in [0.2, 0.25) is 0 Å². The highest BCUT2D eigenvalue weighted by Crippen LogP contribution is 2.27. The Morgan fingerprint density at radius 1 is 1.45 bits per heavy atom. The van der Waals surface area contributed by atoms with E-state index in [1.807, 2.05) is 0 Å². The van der Waals surface area contributed by atoms with Gasteiger partial charge in [0.1, 0.15) is 0 Å². The Kier molecular flexibility index (Phi) is 2.94. The van der Waals surface area contributed by atoms with E-state index in [1.54, 1.807) is 0 Å². The van der Waals surface area contributed by atoms with Crippen LogP contribution in [0.4, 0.5) is 0 Å². The lowest BCUT2D eigenvalue weighted by atomic mass is 9.89. The van der Waals surface area contributed by atoms with Gasteiger partial charge in [0, 0.05) is 18.6 Å². The second kappa shape index (κ2) is 3.57. The first-order chi connectivity index (χ1) is 5.16. The molecule has 0 N–H and O–H groups in total. The van der Waals surface area contributed by atoms with Gasteiger partial charge in [0.05, 0.1) is 0 Å². The lowest BCUT2D eigenvalue weighted by Crippen LogP contribution is -2.56. The highest BCUT2D eigenvalue weighted by Gasteiger charge is 2.34. The lowest BCUT2D eigenvalue weighted by molar-refractivity contribution is 0.000437. The van der Waals surface area contributed by atoms with E-state index in [0.29, 0.717) is 0 Å². The molecule has 0 aromatic carbocycles. The Hall–Kier alpha value is -0.0400. The maximum absolute atomic E-state index is 2.62. The standard InChI is InChI=1S/C10H21N/c1-5-6-9(3)11-7-8(2)10(11)4/h8-10H,5-7H2,1-4H3. The molecular formula is C10H21N. The van der Waals surface area contributed by atoms with E-state index >= 15 is 0 Å². The third kappa shape index (κ3) is 1.76. The van der Waals surface area contributed by atoms with E-state index in [2.05, 4.69) is 32.6 Å². The fourth-order valence-corrected chi connectivity index (χ4v) is 2.01. The molecule has 0 amide bonds. The van der Waals surface area contributed by atoms with Gasteiger partial charge in [0.25, 0.3) is 0 Å². The molecule has 1 saturated heterocycles. The number of nitrogens with zero attached hydrogens (tertiary/aromatic N) is 1. The molecule has 0 spiro atoms. The summed E-state index contributed by atoms with van der Waals surface area (Å²) in [6, 6.07) is 1.64. The van der Waals surface area contributed by atoms with Crippen molar-refractivity contribution in [1.82, 2.24) is 4.90 Å². The van der Waals surface area contributed by atoms with Crippen LogP contribution in [0.3, 0.4) is 0 Å². The largest absolute Gasteiger partial charge is 0.297 e. The Balaban J connectivity index is 2.27. The van der Waals surface area contributed by atoms with E-state index < -0.39 is 0 Å². The molecule has 0 radical (unpaired) electrons. The number of rotatable bonds is 3. The zero-order valence-corrected chi connectivity index (χ0v) is 8.30. The van der Waals surface area contributed by atoms with Crippen molar-refractivity contribution in [1.29, 1.82) is 0 Å². The van der Waals surface area contributed by atoms with Crippen LogP contribution in [0.5, 0.6) is 0 Å². The molecule has 1 aliphatic rings. The number of hydrogen-bond donors (Lipinski definition) is 0. The highest BCUT2D eigenvalue weighted by molar-refractivity contribution is 4.88. The average molecular weight is 155 g/mol. The maximum Gasteiger partial charge on any atom is 0.0108 e. The van der Waals surface area contributed by atoms with Crippen molar-refractivity contribution in [2.24, 2.45) is 5.92 Å². The highest BCUT2D eigenvalue weighted by atomic mass is 15.2. The molecular weight excluding hydrogens is 134 g/mol. The maximum atomic E-state index is 2.62. The van der Waals surface area contributed by atoms with Gasteiger partial charge < -0.3 is 0 Å². The summed E-state index contributed by atoms with van der Waals surface area (Å²) in [5, 5.41) is 0. The summed E-state index contributed by atoms with van der Waals surface area (Å²) in [7, 11) is 0. The third-order valence-electron chi connectivity index (χ3n) is 3.12. The topological polar surface area (TPSA) is 3.24 Å². The Labute approximate surface area is 70.8 Å². The second-order valence-corrected chi connectivity index (χ2v) is 4.05. The van der Waals surface area contributed by atoms with E-state index in [1.165, 1.54) is 19.4 Å². The summed E-state index contributed by atoms with van der Waals surface area (Å²) >= 11 is 0. The summed E-state index contributed by atoms with van der Waals surface area (Å²) < 4.78 is 0. The van der Waals surface area contributed by atoms with Crippen LogP contribution in [0.1, 0.15) is 40.5 Å². The molecule has 3 atom stereocenters. The Bertz CT molecular complexity index is 122. The van der Waals surface area contributed by atoms with E-state index in [-0.39, 0.29) is 0 Å². The van der Waals surface area contributed by atoms with Gasteiger partial charge in [-0.1, -0.05) is 20.3 Å². The van der Waals surface area contributed by atoms with E-state index in [4.69, 9.17) is 0 Å². The molecule has 1 heterocycles. The molecule has 66 valence electrons. The molecule has 0 bridgehead atoms. The summed E-state index contributed by atoms with van der Waals surface area (Å²) in [6.45, 7) is 10.6. The lowest BCUT2D eigenvalue weighted by Gasteiger charge is -2.48. The smallest absolute Gasteiger partial charge is 0.0108 e. The van der Waals surface area contributed by atoms with Crippen molar-refractivity contribution < 1.29 is 0 Å². The quantitative estimate of drug-likeness (QED) is 0.605. The van der Waals surface area contributed by atoms with Crippen molar-refractivity contribution in [2.45, 2.75) is 52.6 Å². The van der Waals surface area contributed by atoms with Gasteiger partial charge in [0.2, 0.25) is 0 Å². The minimum Gasteiger partial charge on any atom is -0.297 e. The first-order valence-corrected chi connectivity index (χ1v) is 4.92. The monoisotopic (exact) mass is 155 g/mol. The van der Waals surface area contributed by atoms with Gasteiger partial charge in [-0.05, 0) is 26.2 Å². The van der Waals surface area contributed by atoms with Gasteiger partial charge in [-0.25, -0.2) is 0 Å². The molecule has 0 aromatic rings. The van der Waals surface area contributed by atoms with Gasteiger partial charge in [-0.15, -0.1) is 0 Å². The summed E-state index contributed by atoms with van der Waals surface area (Å²) in [6.07, 6.45) is 2.68. The Morgan fingerprint density at radius 2 is 2.09 bits per heavy atom. The van der Waals surface area contributed by atoms with E-state index in [9.17, 15) is 0 Å². The molecule has 1 fully saturated rings. The minimum absolute atomic E-state index is 0.811. The molecule has 1 aliphatic heterocycles. The summed E-state index contributed by atoms with van der Waals surface area (Å²) in [5.41, 5.74) is 0. The third-order valence-corrected chi connectivity index (χ3v) is 3.12. The van der Waals surface area contributed by atoms with Crippen LogP contribution in [0.15, 0.2) is 0 Å². The van der Waals surface area contributed by atoms with Crippen molar-refractivity contribution in [3.63, 3.8) is 0 Å². The molecule has 0 aromatic heterocycles. The van der Waals surface area contributed by atoms with Crippen LogP contribution >= 0.6 is 0 Å². The summed E-state index contributed by atoms with van der Waals surface area (Å²) in [4.78, 5) is 2.62. The average Bonchev–Trinajstić information content (AvgIpc) is 1.99. The number of likely N-dealkylation sites (tertiary alicyclic amines) is 1. The molecule has 1 rings (SSSR count). The molecule has 0 saturated carbocycles. The van der Waals surface area contributed by atoms with Crippen LogP contribution < -0.4 is 0 Å². The zero-order valence-electron chi connectivity index (χ0n) is 8.30. The zero-order chi connectivity index (χ0) is 8.43. The van der Waals surface area contributed by atoms with Gasteiger partial charge >= 0.3 is 0 Å². The van der Waals surface area contributed by atoms with Crippen molar-refractivity contribution in [3.8, 4) is 0 Å². The van der Waals surface area contributed by atoms with E-state index in [0.717, 1.165) is 18.0 Å². The molecule has 3 unspecified atom stereocenters. The van der Waals surface area contributed by atoms with Crippen LogP contribution in [0, 0.1) is 5.92 Å². The first-order valence-electron chi connectivity index (χ1n) is 4.92. The number of hydrogen-bond acceptors (Lipinski definition) is 1. The van der Waals surface area contributed by atoms with Crippen LogP contribution in [0.25, 0.3) is 0 Å². The Morgan fingerprint density at radius 3 is 2.45 bits per heavy atom. The molecule has 0 aliphatic carbocycles. The minimum atomic E-state index is 0.811. The predicted molar refractivity (Wildman–Crippen MR) is 49.7 cm³/mol. The predicted octanol–water partition coefficient (Wildman–Crippen LogP) is 2.52. The normalized spacial score (nSPS) is 34.9. The van der Waals surface area contributed by atoms with Crippen LogP contribution in [-0.4, -0.2) is 23.5 Å². The summed E-state index contributed by atoms with van der Waals surface area (Å²) in [5.74, 6) is 0.925. The second-order valence-electron chi connectivity index (χ2n) is 4.05. The van der Waals surface area contributed by atoms with Gasteiger partial charge in [-0.3, -0.25) is 4.90 Å². The van der Waals surface area contributed by atoms with Crippen LogP contribution in [-0.2, 0) is 0 Å². The SMILES string of the molecule is CCCC(C)N1CC(C)C1C. The van der Waals surface area contributed by atoms with Crippen molar-refractivity contribution >= 4 is 0 Å². The molecule has 11 heavy (non-hydrogen) atoms. The fraction of sp³-hybridized carbons (Fsp3) is 1.00. The molecule has 1 heteroatoms. The van der Waals surface area contributed by atoms with Gasteiger partial charge in [-0.2, -0.15) is 0 Å². The van der Waals surface area contributed by atoms with Crippen molar-refractivity contribution in [2.75, 3.05) is 6.54 Å². The van der Waals surface area contributed by atoms with Crippen molar-refractivity contribution in [3.05, 3.63) is 0 Å².